The van der Waals surface area contributed by atoms with E-state index in [4.69, 9.17) is 4.74 Å². The smallest absolute Gasteiger partial charge is 0.416 e. The Labute approximate surface area is 139 Å². The molecular formula is C15H12F3N3O4. The molecule has 0 spiro atoms. The number of alkyl halides is 3. The summed E-state index contributed by atoms with van der Waals surface area (Å²) < 4.78 is 42.4. The van der Waals surface area contributed by atoms with Crippen LogP contribution in [0.15, 0.2) is 36.4 Å². The largest absolute Gasteiger partial charge is 0.476 e. The number of hydrogen-bond donors (Lipinski definition) is 1. The van der Waals surface area contributed by atoms with Crippen molar-refractivity contribution in [2.75, 3.05) is 11.9 Å². The summed E-state index contributed by atoms with van der Waals surface area (Å²) in [6.07, 6.45) is -4.47. The second-order valence-electron chi connectivity index (χ2n) is 4.94. The summed E-state index contributed by atoms with van der Waals surface area (Å²) in [6, 6.07) is 6.63. The summed E-state index contributed by atoms with van der Waals surface area (Å²) in [5, 5.41) is 13.2. The molecule has 10 heteroatoms. The van der Waals surface area contributed by atoms with Gasteiger partial charge in [-0.3, -0.25) is 4.79 Å². The van der Waals surface area contributed by atoms with E-state index in [0.29, 0.717) is 5.69 Å². The molecule has 7 nitrogen and oxygen atoms in total. The Morgan fingerprint density at radius 3 is 2.44 bits per heavy atom. The Kier molecular flexibility index (Phi) is 5.20. The molecular weight excluding hydrogens is 343 g/mol. The molecule has 0 aliphatic heterocycles. The molecule has 0 fully saturated rings. The minimum atomic E-state index is -4.47. The van der Waals surface area contributed by atoms with Crippen LogP contribution in [0.5, 0.6) is 5.75 Å². The van der Waals surface area contributed by atoms with Gasteiger partial charge in [-0.2, -0.15) is 13.2 Å². The normalized spacial score (nSPS) is 11.0. The number of benzene rings is 1. The van der Waals surface area contributed by atoms with Crippen LogP contribution in [0.3, 0.4) is 0 Å². The molecule has 0 saturated heterocycles. The van der Waals surface area contributed by atoms with Gasteiger partial charge in [-0.05, 0) is 46.3 Å². The molecule has 0 radical (unpaired) electrons. The number of nitrogens with one attached hydrogen (secondary N) is 1. The maximum atomic E-state index is 12.5. The molecule has 2 rings (SSSR count). The van der Waals surface area contributed by atoms with E-state index in [9.17, 15) is 28.1 Å². The number of ether oxygens (including phenoxy) is 1. The molecule has 0 aliphatic carbocycles. The van der Waals surface area contributed by atoms with Gasteiger partial charge in [0.05, 0.1) is 5.56 Å². The quantitative estimate of drug-likeness (QED) is 0.656. The monoisotopic (exact) mass is 355 g/mol. The van der Waals surface area contributed by atoms with Crippen LogP contribution in [-0.2, 0) is 11.0 Å². The van der Waals surface area contributed by atoms with Crippen LogP contribution in [0, 0.1) is 17.0 Å². The maximum Gasteiger partial charge on any atom is 0.416 e. The lowest BCUT2D eigenvalue weighted by molar-refractivity contribution is -0.390. The van der Waals surface area contributed by atoms with E-state index in [1.807, 2.05) is 0 Å². The number of nitro groups is 1. The predicted molar refractivity (Wildman–Crippen MR) is 81.2 cm³/mol. The summed E-state index contributed by atoms with van der Waals surface area (Å²) in [5.41, 5.74) is -0.297. The van der Waals surface area contributed by atoms with Crippen LogP contribution in [0.1, 0.15) is 11.3 Å². The van der Waals surface area contributed by atoms with Crippen molar-refractivity contribution >= 4 is 17.4 Å². The minimum absolute atomic E-state index is 0.137. The third kappa shape index (κ3) is 4.90. The molecule has 0 aliphatic rings. The second-order valence-corrected chi connectivity index (χ2v) is 4.94. The second kappa shape index (κ2) is 7.16. The van der Waals surface area contributed by atoms with Crippen molar-refractivity contribution in [3.8, 4) is 5.75 Å². The fourth-order valence-corrected chi connectivity index (χ4v) is 1.86. The lowest BCUT2D eigenvalue weighted by atomic mass is 10.2. The first-order valence-corrected chi connectivity index (χ1v) is 6.89. The summed E-state index contributed by atoms with van der Waals surface area (Å²) in [5.74, 6) is -1.39. The third-order valence-corrected chi connectivity index (χ3v) is 3.01. The Hall–Kier alpha value is -3.17. The highest BCUT2D eigenvalue weighted by Gasteiger charge is 2.30. The molecule has 1 N–H and O–H groups in total. The maximum absolute atomic E-state index is 12.5. The average molecular weight is 355 g/mol. The molecule has 1 heterocycles. The standard InChI is InChI=1S/C15H12F3N3O4/c1-9-2-7-12(14(19-9)21(23)24)25-8-13(22)20-11-5-3-10(4-6-11)15(16,17)18/h2-7H,8H2,1H3,(H,20,22). The van der Waals surface area contributed by atoms with Crippen LogP contribution < -0.4 is 10.1 Å². The highest BCUT2D eigenvalue weighted by molar-refractivity contribution is 5.91. The molecule has 132 valence electrons. The van der Waals surface area contributed by atoms with E-state index < -0.39 is 35.0 Å². The van der Waals surface area contributed by atoms with E-state index >= 15 is 0 Å². The Bertz CT molecular complexity index is 792. The van der Waals surface area contributed by atoms with Crippen molar-refractivity contribution in [1.82, 2.24) is 4.98 Å². The minimum Gasteiger partial charge on any atom is -0.476 e. The van der Waals surface area contributed by atoms with Crippen LogP contribution in [0.25, 0.3) is 0 Å². The van der Waals surface area contributed by atoms with Gasteiger partial charge in [0.1, 0.15) is 5.69 Å². The van der Waals surface area contributed by atoms with Crippen LogP contribution in [0.2, 0.25) is 0 Å². The van der Waals surface area contributed by atoms with Crippen molar-refractivity contribution in [2.45, 2.75) is 13.1 Å². The van der Waals surface area contributed by atoms with Gasteiger partial charge in [0.15, 0.2) is 6.61 Å². The van der Waals surface area contributed by atoms with Crippen LogP contribution >= 0.6 is 0 Å². The van der Waals surface area contributed by atoms with Crippen LogP contribution in [-0.4, -0.2) is 22.4 Å². The topological polar surface area (TPSA) is 94.4 Å². The summed E-state index contributed by atoms with van der Waals surface area (Å²) >= 11 is 0. The van der Waals surface area contributed by atoms with Gasteiger partial charge < -0.3 is 20.2 Å². The van der Waals surface area contributed by atoms with Crippen molar-refractivity contribution < 1.29 is 27.6 Å². The molecule has 2 aromatic rings. The first kappa shape index (κ1) is 18.2. The first-order chi connectivity index (χ1) is 11.7. The average Bonchev–Trinajstić information content (AvgIpc) is 2.53. The third-order valence-electron chi connectivity index (χ3n) is 3.01. The molecule has 1 aromatic heterocycles. The van der Waals surface area contributed by atoms with Gasteiger partial charge in [0.25, 0.3) is 5.91 Å². The summed E-state index contributed by atoms with van der Waals surface area (Å²) in [6.45, 7) is 1.00. The number of aryl methyl sites for hydroxylation is 1. The zero-order valence-corrected chi connectivity index (χ0v) is 12.8. The molecule has 25 heavy (non-hydrogen) atoms. The number of aromatic nitrogens is 1. The van der Waals surface area contributed by atoms with Gasteiger partial charge in [-0.1, -0.05) is 0 Å². The van der Waals surface area contributed by atoms with E-state index in [1.54, 1.807) is 6.92 Å². The van der Waals surface area contributed by atoms with Gasteiger partial charge >= 0.3 is 12.0 Å². The molecule has 0 saturated carbocycles. The van der Waals surface area contributed by atoms with Crippen molar-refractivity contribution in [1.29, 1.82) is 0 Å². The molecule has 1 amide bonds. The summed E-state index contributed by atoms with van der Waals surface area (Å²) in [4.78, 5) is 25.6. The van der Waals surface area contributed by atoms with Gasteiger partial charge in [0, 0.05) is 12.6 Å². The fourth-order valence-electron chi connectivity index (χ4n) is 1.86. The van der Waals surface area contributed by atoms with E-state index in [-0.39, 0.29) is 11.4 Å². The first-order valence-electron chi connectivity index (χ1n) is 6.89. The number of halogens is 3. The highest BCUT2D eigenvalue weighted by Crippen LogP contribution is 2.30. The zero-order valence-electron chi connectivity index (χ0n) is 12.8. The lowest BCUT2D eigenvalue weighted by Gasteiger charge is -2.09. The Morgan fingerprint density at radius 1 is 1.24 bits per heavy atom. The van der Waals surface area contributed by atoms with Gasteiger partial charge in [0.2, 0.25) is 5.75 Å². The lowest BCUT2D eigenvalue weighted by Crippen LogP contribution is -2.20. The van der Waals surface area contributed by atoms with Crippen molar-refractivity contribution in [3.63, 3.8) is 0 Å². The fraction of sp³-hybridized carbons (Fsp3) is 0.200. The van der Waals surface area contributed by atoms with Gasteiger partial charge in [-0.15, -0.1) is 0 Å². The molecule has 0 unspecified atom stereocenters. The number of anilines is 1. The predicted octanol–water partition coefficient (Wildman–Crippen LogP) is 3.33. The van der Waals surface area contributed by atoms with Crippen molar-refractivity contribution in [2.24, 2.45) is 0 Å². The van der Waals surface area contributed by atoms with Crippen molar-refractivity contribution in [3.05, 3.63) is 57.8 Å². The number of pyridine rings is 1. The summed E-state index contributed by atoms with van der Waals surface area (Å²) in [7, 11) is 0. The SMILES string of the molecule is Cc1ccc(OCC(=O)Nc2ccc(C(F)(F)F)cc2)c([N+](=O)[O-])n1. The number of carbonyl (C=O) groups excluding carboxylic acids is 1. The molecule has 1 aromatic carbocycles. The van der Waals surface area contributed by atoms with Gasteiger partial charge in [-0.25, -0.2) is 0 Å². The van der Waals surface area contributed by atoms with Crippen LogP contribution in [0.4, 0.5) is 24.7 Å². The number of rotatable bonds is 5. The Balaban J connectivity index is 1.99. The van der Waals surface area contributed by atoms with E-state index in [2.05, 4.69) is 10.3 Å². The molecule has 0 atom stereocenters. The van der Waals surface area contributed by atoms with E-state index in [0.717, 1.165) is 24.3 Å². The Morgan fingerprint density at radius 2 is 1.88 bits per heavy atom. The number of carbonyl (C=O) groups is 1. The number of hydrogen-bond acceptors (Lipinski definition) is 5. The van der Waals surface area contributed by atoms with E-state index in [1.165, 1.54) is 12.1 Å². The number of amides is 1. The zero-order chi connectivity index (χ0) is 18.6. The highest BCUT2D eigenvalue weighted by atomic mass is 19.4. The number of nitrogens with zero attached hydrogens (tertiary/aromatic N) is 2. The molecule has 0 bridgehead atoms.